The second-order valence-corrected chi connectivity index (χ2v) is 6.71. The van der Waals surface area contributed by atoms with Gasteiger partial charge in [-0.1, -0.05) is 12.8 Å². The minimum absolute atomic E-state index is 0.520. The maximum atomic E-state index is 12.1. The van der Waals surface area contributed by atoms with E-state index in [9.17, 15) is 4.79 Å². The monoisotopic (exact) mass is 218 g/mol. The number of fused-ring (bicyclic) bond motifs is 6. The van der Waals surface area contributed by atoms with Crippen LogP contribution in [0.4, 0.5) is 0 Å². The zero-order valence-corrected chi connectivity index (χ0v) is 10.0. The summed E-state index contributed by atoms with van der Waals surface area (Å²) >= 11 is 0. The Morgan fingerprint density at radius 2 is 1.19 bits per heavy atom. The highest BCUT2D eigenvalue weighted by Crippen LogP contribution is 2.61. The van der Waals surface area contributed by atoms with Gasteiger partial charge in [0.25, 0.3) is 0 Å². The maximum absolute atomic E-state index is 12.1. The number of carbonyl (C=O) groups is 1. The molecule has 1 nitrogen and oxygen atoms in total. The lowest BCUT2D eigenvalue weighted by molar-refractivity contribution is -0.126. The molecule has 16 heavy (non-hydrogen) atoms. The first-order valence-corrected chi connectivity index (χ1v) is 7.39. The quantitative estimate of drug-likeness (QED) is 0.609. The first-order valence-electron chi connectivity index (χ1n) is 7.39. The number of hydrogen-bond donors (Lipinski definition) is 0. The van der Waals surface area contributed by atoms with Crippen LogP contribution in [0, 0.1) is 35.5 Å². The number of ketones is 1. The molecule has 0 amide bonds. The second-order valence-electron chi connectivity index (χ2n) is 6.71. The Morgan fingerprint density at radius 3 is 1.88 bits per heavy atom. The average Bonchev–Trinajstić information content (AvgIpc) is 2.91. The second kappa shape index (κ2) is 3.34. The third-order valence-electron chi connectivity index (χ3n) is 6.37. The molecule has 0 bridgehead atoms. The lowest BCUT2D eigenvalue weighted by atomic mass is 9.60. The smallest absolute Gasteiger partial charge is 0.136 e. The molecule has 0 saturated heterocycles. The molecule has 4 saturated carbocycles. The van der Waals surface area contributed by atoms with Gasteiger partial charge in [0.1, 0.15) is 5.78 Å². The van der Waals surface area contributed by atoms with Crippen molar-refractivity contribution >= 4 is 5.78 Å². The third-order valence-corrected chi connectivity index (χ3v) is 6.37. The molecule has 0 N–H and O–H groups in total. The molecule has 0 spiro atoms. The van der Waals surface area contributed by atoms with Crippen LogP contribution in [0.5, 0.6) is 0 Å². The predicted molar refractivity (Wildman–Crippen MR) is 62.9 cm³/mol. The van der Waals surface area contributed by atoms with Gasteiger partial charge in [-0.25, -0.2) is 0 Å². The Kier molecular flexibility index (Phi) is 2.02. The highest BCUT2D eigenvalue weighted by atomic mass is 16.1. The van der Waals surface area contributed by atoms with Crippen LogP contribution in [0.25, 0.3) is 0 Å². The first kappa shape index (κ1) is 9.67. The highest BCUT2D eigenvalue weighted by molar-refractivity contribution is 5.84. The lowest BCUT2D eigenvalue weighted by Crippen LogP contribution is -2.42. The van der Waals surface area contributed by atoms with Crippen molar-refractivity contribution in [2.45, 2.75) is 51.4 Å². The summed E-state index contributed by atoms with van der Waals surface area (Å²) in [6.07, 6.45) is 10.8. The van der Waals surface area contributed by atoms with Crippen molar-refractivity contribution in [1.82, 2.24) is 0 Å². The van der Waals surface area contributed by atoms with Crippen molar-refractivity contribution in [3.63, 3.8) is 0 Å². The third kappa shape index (κ3) is 1.10. The summed E-state index contributed by atoms with van der Waals surface area (Å²) in [6.45, 7) is 0. The minimum Gasteiger partial charge on any atom is -0.299 e. The first-order chi connectivity index (χ1) is 7.86. The van der Waals surface area contributed by atoms with Crippen LogP contribution in [0.1, 0.15) is 51.4 Å². The molecule has 6 atom stereocenters. The topological polar surface area (TPSA) is 17.1 Å². The molecule has 4 aliphatic carbocycles. The van der Waals surface area contributed by atoms with Crippen molar-refractivity contribution < 1.29 is 4.79 Å². The van der Waals surface area contributed by atoms with Crippen LogP contribution in [-0.2, 0) is 4.79 Å². The van der Waals surface area contributed by atoms with Crippen molar-refractivity contribution in [1.29, 1.82) is 0 Å². The molecule has 1 heteroatoms. The maximum Gasteiger partial charge on any atom is 0.136 e. The van der Waals surface area contributed by atoms with Gasteiger partial charge >= 0.3 is 0 Å². The van der Waals surface area contributed by atoms with Crippen LogP contribution in [-0.4, -0.2) is 5.78 Å². The van der Waals surface area contributed by atoms with Gasteiger partial charge in [-0.15, -0.1) is 0 Å². The summed E-state index contributed by atoms with van der Waals surface area (Å²) in [6, 6.07) is 0. The van der Waals surface area contributed by atoms with Crippen molar-refractivity contribution in [3.8, 4) is 0 Å². The summed E-state index contributed by atoms with van der Waals surface area (Å²) in [5.41, 5.74) is 0. The molecular weight excluding hydrogens is 196 g/mol. The van der Waals surface area contributed by atoms with E-state index in [0.717, 1.165) is 36.0 Å². The summed E-state index contributed by atoms with van der Waals surface area (Å²) < 4.78 is 0. The standard InChI is InChI=1S/C15H22O/c16-14-8-7-13-11-4-1-3-9(11)10-5-2-6-12(10)15(13)14/h9-13,15H,1-8H2. The van der Waals surface area contributed by atoms with Crippen LogP contribution in [0.3, 0.4) is 0 Å². The fourth-order valence-corrected chi connectivity index (χ4v) is 6.01. The van der Waals surface area contributed by atoms with Crippen LogP contribution in [0.15, 0.2) is 0 Å². The average molecular weight is 218 g/mol. The molecule has 4 fully saturated rings. The summed E-state index contributed by atoms with van der Waals surface area (Å²) in [5, 5.41) is 0. The SMILES string of the molecule is O=C1CCC2C3CCCC3C3CCCC3C12. The summed E-state index contributed by atoms with van der Waals surface area (Å²) in [4.78, 5) is 12.1. The number of rotatable bonds is 0. The van der Waals surface area contributed by atoms with E-state index in [2.05, 4.69) is 0 Å². The molecular formula is C15H22O. The molecule has 6 unspecified atom stereocenters. The lowest BCUT2D eigenvalue weighted by Gasteiger charge is -2.44. The van der Waals surface area contributed by atoms with Gasteiger partial charge in [0.05, 0.1) is 0 Å². The van der Waals surface area contributed by atoms with Gasteiger partial charge in [0.15, 0.2) is 0 Å². The predicted octanol–water partition coefficient (Wildman–Crippen LogP) is 3.43. The Bertz CT molecular complexity index is 309. The fourth-order valence-electron chi connectivity index (χ4n) is 6.01. The Morgan fingerprint density at radius 1 is 0.688 bits per heavy atom. The zero-order chi connectivity index (χ0) is 10.7. The van der Waals surface area contributed by atoms with Crippen LogP contribution < -0.4 is 0 Å². The molecule has 0 radical (unpaired) electrons. The van der Waals surface area contributed by atoms with E-state index in [4.69, 9.17) is 0 Å². The largest absolute Gasteiger partial charge is 0.299 e. The Labute approximate surface area is 98.0 Å². The fraction of sp³-hybridized carbons (Fsp3) is 0.933. The minimum atomic E-state index is 0.520. The van der Waals surface area contributed by atoms with Gasteiger partial charge in [0, 0.05) is 12.3 Å². The van der Waals surface area contributed by atoms with E-state index in [1.165, 1.54) is 44.9 Å². The van der Waals surface area contributed by atoms with Crippen molar-refractivity contribution in [3.05, 3.63) is 0 Å². The van der Waals surface area contributed by atoms with E-state index in [1.807, 2.05) is 0 Å². The van der Waals surface area contributed by atoms with Gasteiger partial charge in [0.2, 0.25) is 0 Å². The van der Waals surface area contributed by atoms with Gasteiger partial charge in [-0.2, -0.15) is 0 Å². The van der Waals surface area contributed by atoms with Crippen LogP contribution >= 0.6 is 0 Å². The van der Waals surface area contributed by atoms with E-state index in [1.54, 1.807) is 0 Å². The van der Waals surface area contributed by atoms with E-state index in [0.29, 0.717) is 11.7 Å². The molecule has 0 aromatic heterocycles. The van der Waals surface area contributed by atoms with Gasteiger partial charge in [-0.3, -0.25) is 4.79 Å². The van der Waals surface area contributed by atoms with Crippen LogP contribution in [0.2, 0.25) is 0 Å². The molecule has 4 rings (SSSR count). The number of carbonyl (C=O) groups excluding carboxylic acids is 1. The Balaban J connectivity index is 1.74. The van der Waals surface area contributed by atoms with E-state index >= 15 is 0 Å². The molecule has 88 valence electrons. The molecule has 0 heterocycles. The molecule has 0 aliphatic heterocycles. The van der Waals surface area contributed by atoms with E-state index in [-0.39, 0.29) is 0 Å². The van der Waals surface area contributed by atoms with Crippen molar-refractivity contribution in [2.24, 2.45) is 35.5 Å². The summed E-state index contributed by atoms with van der Waals surface area (Å²) in [5.74, 6) is 5.74. The van der Waals surface area contributed by atoms with Gasteiger partial charge < -0.3 is 0 Å². The summed E-state index contributed by atoms with van der Waals surface area (Å²) in [7, 11) is 0. The van der Waals surface area contributed by atoms with Crippen molar-refractivity contribution in [2.75, 3.05) is 0 Å². The highest BCUT2D eigenvalue weighted by Gasteiger charge is 2.56. The van der Waals surface area contributed by atoms with Gasteiger partial charge in [-0.05, 0) is 61.7 Å². The normalized spacial score (nSPS) is 54.9. The number of hydrogen-bond acceptors (Lipinski definition) is 1. The Hall–Kier alpha value is -0.330. The van der Waals surface area contributed by atoms with E-state index < -0.39 is 0 Å². The zero-order valence-electron chi connectivity index (χ0n) is 10.0. The number of Topliss-reactive ketones (excluding diaryl/α,β-unsaturated/α-hetero) is 1. The molecule has 0 aromatic carbocycles. The molecule has 4 aliphatic rings. The molecule has 0 aromatic rings.